The number of carbonyl (C=O) groups excluding carboxylic acids is 1. The number of rotatable bonds is 12. The van der Waals surface area contributed by atoms with Crippen LogP contribution in [0.1, 0.15) is 39.5 Å². The van der Waals surface area contributed by atoms with Gasteiger partial charge in [0.15, 0.2) is 0 Å². The minimum Gasteiger partial charge on any atom is -0.354 e. The zero-order chi connectivity index (χ0) is 22.9. The standard InChI is InChI=1S/C22H29N3O5S/c1-3-5-10-18(4-2)16-23-22(26)17-24(19-11-9-12-20(15-19)25(27)28)31(29,30)21-13-7-6-8-14-21/h6-9,11-15,18H,3-5,10,16-17H2,1-2H3,(H,23,26). The Labute approximate surface area is 183 Å². The Hall–Kier alpha value is -2.94. The van der Waals surface area contributed by atoms with Gasteiger partial charge >= 0.3 is 0 Å². The van der Waals surface area contributed by atoms with Crippen LogP contribution in [0.2, 0.25) is 0 Å². The molecular weight excluding hydrogens is 418 g/mol. The quantitative estimate of drug-likeness (QED) is 0.389. The first-order valence-corrected chi connectivity index (χ1v) is 11.8. The van der Waals surface area contributed by atoms with Crippen molar-refractivity contribution in [3.05, 3.63) is 64.7 Å². The van der Waals surface area contributed by atoms with Crippen LogP contribution in [-0.4, -0.2) is 32.3 Å². The number of amides is 1. The van der Waals surface area contributed by atoms with Crippen LogP contribution in [0.4, 0.5) is 11.4 Å². The molecule has 2 rings (SSSR count). The first-order chi connectivity index (χ1) is 14.8. The van der Waals surface area contributed by atoms with Crippen molar-refractivity contribution in [2.45, 2.75) is 44.4 Å². The number of unbranched alkanes of at least 4 members (excludes halogenated alkanes) is 1. The van der Waals surface area contributed by atoms with Gasteiger partial charge in [-0.15, -0.1) is 0 Å². The maximum atomic E-state index is 13.3. The van der Waals surface area contributed by atoms with Crippen molar-refractivity contribution in [1.29, 1.82) is 0 Å². The highest BCUT2D eigenvalue weighted by Gasteiger charge is 2.28. The summed E-state index contributed by atoms with van der Waals surface area (Å²) in [6, 6.07) is 13.0. The lowest BCUT2D eigenvalue weighted by Gasteiger charge is -2.24. The predicted octanol–water partition coefficient (Wildman–Crippen LogP) is 4.12. The largest absolute Gasteiger partial charge is 0.354 e. The average Bonchev–Trinajstić information content (AvgIpc) is 2.78. The summed E-state index contributed by atoms with van der Waals surface area (Å²) in [5.41, 5.74) is -0.192. The molecule has 1 N–H and O–H groups in total. The number of hydrogen-bond acceptors (Lipinski definition) is 5. The highest BCUT2D eigenvalue weighted by Crippen LogP contribution is 2.26. The van der Waals surface area contributed by atoms with E-state index in [-0.39, 0.29) is 16.3 Å². The topological polar surface area (TPSA) is 110 Å². The van der Waals surface area contributed by atoms with Crippen LogP contribution in [0.5, 0.6) is 0 Å². The van der Waals surface area contributed by atoms with Gasteiger partial charge in [-0.05, 0) is 30.5 Å². The minimum atomic E-state index is -4.10. The average molecular weight is 448 g/mol. The van der Waals surface area contributed by atoms with E-state index >= 15 is 0 Å². The maximum Gasteiger partial charge on any atom is 0.271 e. The third kappa shape index (κ3) is 6.78. The van der Waals surface area contributed by atoms with E-state index in [9.17, 15) is 23.3 Å². The van der Waals surface area contributed by atoms with Crippen molar-refractivity contribution in [2.75, 3.05) is 17.4 Å². The highest BCUT2D eigenvalue weighted by atomic mass is 32.2. The van der Waals surface area contributed by atoms with E-state index in [1.807, 2.05) is 0 Å². The number of nitrogens with one attached hydrogen (secondary N) is 1. The lowest BCUT2D eigenvalue weighted by molar-refractivity contribution is -0.384. The van der Waals surface area contributed by atoms with Gasteiger partial charge in [0.25, 0.3) is 15.7 Å². The third-order valence-corrected chi connectivity index (χ3v) is 6.87. The predicted molar refractivity (Wildman–Crippen MR) is 120 cm³/mol. The van der Waals surface area contributed by atoms with Crippen molar-refractivity contribution in [3.63, 3.8) is 0 Å². The summed E-state index contributed by atoms with van der Waals surface area (Å²) < 4.78 is 27.4. The van der Waals surface area contributed by atoms with Gasteiger partial charge in [-0.3, -0.25) is 19.2 Å². The van der Waals surface area contributed by atoms with Gasteiger partial charge in [0.1, 0.15) is 6.54 Å². The zero-order valence-electron chi connectivity index (χ0n) is 17.9. The van der Waals surface area contributed by atoms with Crippen molar-refractivity contribution in [3.8, 4) is 0 Å². The summed E-state index contributed by atoms with van der Waals surface area (Å²) in [7, 11) is -4.10. The van der Waals surface area contributed by atoms with Crippen molar-refractivity contribution >= 4 is 27.3 Å². The number of sulfonamides is 1. The van der Waals surface area contributed by atoms with Crippen LogP contribution in [-0.2, 0) is 14.8 Å². The van der Waals surface area contributed by atoms with E-state index < -0.39 is 27.4 Å². The van der Waals surface area contributed by atoms with Crippen LogP contribution in [0, 0.1) is 16.0 Å². The summed E-state index contributed by atoms with van der Waals surface area (Å²) >= 11 is 0. The number of anilines is 1. The number of nitrogens with zero attached hydrogens (tertiary/aromatic N) is 2. The Balaban J connectivity index is 2.29. The van der Waals surface area contributed by atoms with Crippen LogP contribution in [0.15, 0.2) is 59.5 Å². The first-order valence-electron chi connectivity index (χ1n) is 10.4. The second-order valence-corrected chi connectivity index (χ2v) is 9.18. The molecule has 0 aliphatic rings. The third-order valence-electron chi connectivity index (χ3n) is 5.08. The van der Waals surface area contributed by atoms with Gasteiger partial charge in [0.05, 0.1) is 15.5 Å². The van der Waals surface area contributed by atoms with Crippen LogP contribution >= 0.6 is 0 Å². The molecule has 1 unspecified atom stereocenters. The molecular formula is C22H29N3O5S. The van der Waals surface area contributed by atoms with E-state index in [1.54, 1.807) is 18.2 Å². The zero-order valence-corrected chi connectivity index (χ0v) is 18.7. The van der Waals surface area contributed by atoms with Gasteiger partial charge in [-0.1, -0.05) is 57.4 Å². The van der Waals surface area contributed by atoms with Crippen molar-refractivity contribution in [1.82, 2.24) is 5.32 Å². The molecule has 168 valence electrons. The van der Waals surface area contributed by atoms with Gasteiger partial charge < -0.3 is 5.32 Å². The van der Waals surface area contributed by atoms with E-state index in [1.165, 1.54) is 30.3 Å². The molecule has 0 radical (unpaired) electrons. The number of nitro groups is 1. The van der Waals surface area contributed by atoms with Gasteiger partial charge in [-0.25, -0.2) is 8.42 Å². The van der Waals surface area contributed by atoms with Gasteiger partial charge in [-0.2, -0.15) is 0 Å². The number of benzene rings is 2. The number of non-ortho nitro benzene ring substituents is 1. The molecule has 2 aromatic carbocycles. The molecule has 0 saturated heterocycles. The normalized spacial score (nSPS) is 12.2. The summed E-state index contributed by atoms with van der Waals surface area (Å²) in [6.45, 7) is 4.16. The fraction of sp³-hybridized carbons (Fsp3) is 0.409. The monoisotopic (exact) mass is 447 g/mol. The van der Waals surface area contributed by atoms with Crippen molar-refractivity contribution < 1.29 is 18.1 Å². The molecule has 0 heterocycles. The fourth-order valence-electron chi connectivity index (χ4n) is 3.18. The minimum absolute atomic E-state index is 0.00341. The summed E-state index contributed by atoms with van der Waals surface area (Å²) in [5.74, 6) is -0.137. The molecule has 2 aromatic rings. The SMILES string of the molecule is CCCCC(CC)CNC(=O)CN(c1cccc([N+](=O)[O-])c1)S(=O)(=O)c1ccccc1. The number of nitro benzene ring substituents is 1. The molecule has 0 aliphatic heterocycles. The van der Waals surface area contributed by atoms with Gasteiger partial charge in [0.2, 0.25) is 5.91 Å². The molecule has 0 spiro atoms. The second kappa shape index (κ2) is 11.5. The van der Waals surface area contributed by atoms with Crippen LogP contribution in [0.3, 0.4) is 0 Å². The Kier molecular flexibility index (Phi) is 8.99. The Morgan fingerprint density at radius 2 is 1.84 bits per heavy atom. The second-order valence-electron chi connectivity index (χ2n) is 7.32. The molecule has 0 bridgehead atoms. The van der Waals surface area contributed by atoms with E-state index in [2.05, 4.69) is 19.2 Å². The molecule has 0 saturated carbocycles. The molecule has 1 amide bonds. The summed E-state index contributed by atoms with van der Waals surface area (Å²) in [6.07, 6.45) is 4.04. The summed E-state index contributed by atoms with van der Waals surface area (Å²) in [5, 5.41) is 14.0. The summed E-state index contributed by atoms with van der Waals surface area (Å²) in [4.78, 5) is 23.2. The van der Waals surface area contributed by atoms with E-state index in [4.69, 9.17) is 0 Å². The lowest BCUT2D eigenvalue weighted by Crippen LogP contribution is -2.42. The molecule has 9 heteroatoms. The highest BCUT2D eigenvalue weighted by molar-refractivity contribution is 7.92. The van der Waals surface area contributed by atoms with Crippen LogP contribution in [0.25, 0.3) is 0 Å². The Morgan fingerprint density at radius 1 is 1.13 bits per heavy atom. The van der Waals surface area contributed by atoms with Gasteiger partial charge in [0, 0.05) is 18.7 Å². The Bertz CT molecular complexity index is 980. The smallest absolute Gasteiger partial charge is 0.271 e. The first kappa shape index (κ1) is 24.3. The molecule has 1 atom stereocenters. The molecule has 0 fully saturated rings. The van der Waals surface area contributed by atoms with Crippen molar-refractivity contribution in [2.24, 2.45) is 5.92 Å². The van der Waals surface area contributed by atoms with E-state index in [0.29, 0.717) is 12.5 Å². The molecule has 0 aliphatic carbocycles. The van der Waals surface area contributed by atoms with E-state index in [0.717, 1.165) is 36.1 Å². The number of carbonyl (C=O) groups is 1. The number of hydrogen-bond donors (Lipinski definition) is 1. The lowest BCUT2D eigenvalue weighted by atomic mass is 9.99. The fourth-order valence-corrected chi connectivity index (χ4v) is 4.62. The molecule has 8 nitrogen and oxygen atoms in total. The maximum absolute atomic E-state index is 13.3. The Morgan fingerprint density at radius 3 is 2.45 bits per heavy atom. The molecule has 0 aromatic heterocycles. The molecule has 31 heavy (non-hydrogen) atoms. The van der Waals surface area contributed by atoms with Crippen LogP contribution < -0.4 is 9.62 Å².